The van der Waals surface area contributed by atoms with Crippen LogP contribution >= 0.6 is 0 Å². The molecule has 1 aromatic carbocycles. The standard InChI is InChI=1S/C22H21FN4O2/c1-4-18(22(28)25-13-15-10-11-24-21(12-15)29-3)19-14-26-27(20(19)5-2)17-8-6-16(23)7-9-17/h4-12,14H,2,13H2,1,3H3,(H,25,28)/b18-4+. The van der Waals surface area contributed by atoms with Crippen molar-refractivity contribution in [3.63, 3.8) is 0 Å². The number of carbonyl (C=O) groups is 1. The SMILES string of the molecule is C=Cc1c(/C(=C\C)C(=O)NCc2ccnc(OC)c2)cnn1-c1ccc(F)cc1. The molecule has 148 valence electrons. The van der Waals surface area contributed by atoms with Gasteiger partial charge in [0, 0.05) is 29.9 Å². The highest BCUT2D eigenvalue weighted by Gasteiger charge is 2.18. The molecular weight excluding hydrogens is 371 g/mol. The Morgan fingerprint density at radius 3 is 2.72 bits per heavy atom. The molecule has 1 N–H and O–H groups in total. The third kappa shape index (κ3) is 4.40. The van der Waals surface area contributed by atoms with Gasteiger partial charge in [-0.2, -0.15) is 5.10 Å². The highest BCUT2D eigenvalue weighted by atomic mass is 19.1. The Balaban J connectivity index is 1.83. The lowest BCUT2D eigenvalue weighted by Gasteiger charge is -2.10. The van der Waals surface area contributed by atoms with Crippen LogP contribution in [0.4, 0.5) is 4.39 Å². The number of pyridine rings is 1. The first-order valence-corrected chi connectivity index (χ1v) is 8.97. The lowest BCUT2D eigenvalue weighted by atomic mass is 10.1. The van der Waals surface area contributed by atoms with E-state index >= 15 is 0 Å². The van der Waals surface area contributed by atoms with Crippen LogP contribution in [-0.2, 0) is 11.3 Å². The van der Waals surface area contributed by atoms with Crippen molar-refractivity contribution in [2.24, 2.45) is 0 Å². The van der Waals surface area contributed by atoms with Gasteiger partial charge in [-0.05, 0) is 48.9 Å². The fourth-order valence-electron chi connectivity index (χ4n) is 2.91. The van der Waals surface area contributed by atoms with Crippen LogP contribution in [0.15, 0.2) is 61.4 Å². The van der Waals surface area contributed by atoms with Crippen LogP contribution < -0.4 is 10.1 Å². The van der Waals surface area contributed by atoms with Crippen molar-refractivity contribution in [1.29, 1.82) is 0 Å². The van der Waals surface area contributed by atoms with E-state index in [9.17, 15) is 9.18 Å². The molecule has 1 amide bonds. The second-order valence-electron chi connectivity index (χ2n) is 6.13. The summed E-state index contributed by atoms with van der Waals surface area (Å²) in [5.74, 6) is -0.0925. The smallest absolute Gasteiger partial charge is 0.251 e. The maximum absolute atomic E-state index is 13.2. The number of hydrogen-bond donors (Lipinski definition) is 1. The second kappa shape index (κ2) is 8.97. The molecule has 3 aromatic rings. The molecule has 0 unspecified atom stereocenters. The quantitative estimate of drug-likeness (QED) is 0.622. The van der Waals surface area contributed by atoms with Gasteiger partial charge < -0.3 is 10.1 Å². The van der Waals surface area contributed by atoms with Gasteiger partial charge in [0.1, 0.15) is 5.82 Å². The molecule has 0 bridgehead atoms. The number of rotatable bonds is 7. The number of amides is 1. The summed E-state index contributed by atoms with van der Waals surface area (Å²) in [6, 6.07) is 9.51. The molecule has 0 aliphatic carbocycles. The van der Waals surface area contributed by atoms with Gasteiger partial charge in [0.05, 0.1) is 24.7 Å². The Hall–Kier alpha value is -3.74. The zero-order valence-electron chi connectivity index (χ0n) is 16.2. The van der Waals surface area contributed by atoms with Crippen LogP contribution in [0, 0.1) is 5.82 Å². The molecule has 0 aliphatic rings. The Kier molecular flexibility index (Phi) is 6.19. The summed E-state index contributed by atoms with van der Waals surface area (Å²) in [5.41, 5.74) is 3.29. The number of nitrogens with one attached hydrogen (secondary N) is 1. The number of methoxy groups -OCH3 is 1. The van der Waals surface area contributed by atoms with Crippen molar-refractivity contribution < 1.29 is 13.9 Å². The molecule has 0 fully saturated rings. The number of carbonyl (C=O) groups excluding carboxylic acids is 1. The van der Waals surface area contributed by atoms with Crippen molar-refractivity contribution in [2.45, 2.75) is 13.5 Å². The molecule has 2 heterocycles. The molecule has 0 spiro atoms. The van der Waals surface area contributed by atoms with Gasteiger partial charge in [-0.3, -0.25) is 4.79 Å². The van der Waals surface area contributed by atoms with Gasteiger partial charge in [0.15, 0.2) is 0 Å². The minimum Gasteiger partial charge on any atom is -0.481 e. The molecule has 0 radical (unpaired) electrons. The van der Waals surface area contributed by atoms with E-state index < -0.39 is 0 Å². The summed E-state index contributed by atoms with van der Waals surface area (Å²) < 4.78 is 19.9. The molecule has 3 rings (SSSR count). The van der Waals surface area contributed by atoms with Gasteiger partial charge in [0.2, 0.25) is 5.88 Å². The van der Waals surface area contributed by atoms with Gasteiger partial charge in [-0.1, -0.05) is 12.7 Å². The number of ether oxygens (including phenoxy) is 1. The summed E-state index contributed by atoms with van der Waals surface area (Å²) in [7, 11) is 1.54. The third-order valence-corrected chi connectivity index (χ3v) is 4.36. The Bertz CT molecular complexity index is 1050. The lowest BCUT2D eigenvalue weighted by molar-refractivity contribution is -0.115. The predicted molar refractivity (Wildman–Crippen MR) is 110 cm³/mol. The van der Waals surface area contributed by atoms with E-state index in [-0.39, 0.29) is 11.7 Å². The van der Waals surface area contributed by atoms with Gasteiger partial charge in [-0.15, -0.1) is 0 Å². The first-order valence-electron chi connectivity index (χ1n) is 8.97. The minimum atomic E-state index is -0.331. The molecule has 0 aliphatic heterocycles. The van der Waals surface area contributed by atoms with E-state index in [1.807, 2.05) is 0 Å². The number of halogens is 1. The number of allylic oxidation sites excluding steroid dienone is 1. The second-order valence-corrected chi connectivity index (χ2v) is 6.13. The van der Waals surface area contributed by atoms with E-state index in [1.54, 1.807) is 60.4 Å². The monoisotopic (exact) mass is 392 g/mol. The van der Waals surface area contributed by atoms with Crippen LogP contribution in [0.2, 0.25) is 0 Å². The molecule has 7 heteroatoms. The maximum Gasteiger partial charge on any atom is 0.251 e. The fraction of sp³-hybridized carbons (Fsp3) is 0.136. The zero-order chi connectivity index (χ0) is 20.8. The third-order valence-electron chi connectivity index (χ3n) is 4.36. The number of aromatic nitrogens is 3. The zero-order valence-corrected chi connectivity index (χ0v) is 16.2. The van der Waals surface area contributed by atoms with Gasteiger partial charge >= 0.3 is 0 Å². The molecule has 6 nitrogen and oxygen atoms in total. The van der Waals surface area contributed by atoms with Crippen molar-refractivity contribution in [3.05, 3.63) is 84.1 Å². The molecule has 0 atom stereocenters. The molecular formula is C22H21FN4O2. The van der Waals surface area contributed by atoms with Crippen LogP contribution in [0.1, 0.15) is 23.7 Å². The predicted octanol–water partition coefficient (Wildman–Crippen LogP) is 3.78. The van der Waals surface area contributed by atoms with E-state index in [4.69, 9.17) is 4.74 Å². The fourth-order valence-corrected chi connectivity index (χ4v) is 2.91. The maximum atomic E-state index is 13.2. The Labute approximate surface area is 168 Å². The van der Waals surface area contributed by atoms with E-state index in [0.29, 0.717) is 34.9 Å². The van der Waals surface area contributed by atoms with E-state index in [1.165, 1.54) is 19.2 Å². The molecule has 0 saturated heterocycles. The Morgan fingerprint density at radius 1 is 1.31 bits per heavy atom. The first kappa shape index (κ1) is 20.0. The number of hydrogen-bond acceptors (Lipinski definition) is 4. The normalized spacial score (nSPS) is 11.2. The first-order chi connectivity index (χ1) is 14.1. The number of benzene rings is 1. The van der Waals surface area contributed by atoms with Crippen molar-refractivity contribution in [3.8, 4) is 11.6 Å². The summed E-state index contributed by atoms with van der Waals surface area (Å²) in [6.45, 7) is 5.95. The average Bonchev–Trinajstić information content (AvgIpc) is 3.17. The van der Waals surface area contributed by atoms with Crippen molar-refractivity contribution in [1.82, 2.24) is 20.1 Å². The van der Waals surface area contributed by atoms with E-state index in [0.717, 1.165) is 5.56 Å². The summed E-state index contributed by atoms with van der Waals surface area (Å²) >= 11 is 0. The number of nitrogens with zero attached hydrogens (tertiary/aromatic N) is 3. The van der Waals surface area contributed by atoms with E-state index in [2.05, 4.69) is 22.0 Å². The molecule has 29 heavy (non-hydrogen) atoms. The average molecular weight is 392 g/mol. The van der Waals surface area contributed by atoms with Crippen LogP contribution in [0.3, 0.4) is 0 Å². The summed E-state index contributed by atoms with van der Waals surface area (Å²) in [6.07, 6.45) is 6.57. The topological polar surface area (TPSA) is 69.0 Å². The van der Waals surface area contributed by atoms with Crippen molar-refractivity contribution in [2.75, 3.05) is 7.11 Å². The lowest BCUT2D eigenvalue weighted by Crippen LogP contribution is -2.24. The van der Waals surface area contributed by atoms with Crippen LogP contribution in [-0.4, -0.2) is 27.8 Å². The van der Waals surface area contributed by atoms with Crippen molar-refractivity contribution >= 4 is 17.6 Å². The summed E-state index contributed by atoms with van der Waals surface area (Å²) in [5, 5.41) is 7.25. The Morgan fingerprint density at radius 2 is 2.07 bits per heavy atom. The molecule has 0 saturated carbocycles. The van der Waals surface area contributed by atoms with Crippen LogP contribution in [0.5, 0.6) is 5.88 Å². The van der Waals surface area contributed by atoms with Gasteiger partial charge in [0.25, 0.3) is 5.91 Å². The molecule has 2 aromatic heterocycles. The minimum absolute atomic E-state index is 0.245. The summed E-state index contributed by atoms with van der Waals surface area (Å²) in [4.78, 5) is 16.9. The van der Waals surface area contributed by atoms with Gasteiger partial charge in [-0.25, -0.2) is 14.1 Å². The van der Waals surface area contributed by atoms with Crippen LogP contribution in [0.25, 0.3) is 17.3 Å². The highest BCUT2D eigenvalue weighted by molar-refractivity contribution is 6.20. The largest absolute Gasteiger partial charge is 0.481 e. The highest BCUT2D eigenvalue weighted by Crippen LogP contribution is 2.24.